The highest BCUT2D eigenvalue weighted by atomic mass is 35.5. The van der Waals surface area contributed by atoms with E-state index in [2.05, 4.69) is 4.98 Å². The molecule has 2 heterocycles. The molecule has 0 aromatic carbocycles. The third-order valence-electron chi connectivity index (χ3n) is 3.07. The zero-order chi connectivity index (χ0) is 13.4. The summed E-state index contributed by atoms with van der Waals surface area (Å²) >= 11 is 9.18. The minimum atomic E-state index is -0.185. The molecule has 19 heavy (non-hydrogen) atoms. The van der Waals surface area contributed by atoms with Gasteiger partial charge in [-0.2, -0.15) is 0 Å². The minimum Gasteiger partial charge on any atom is -0.465 e. The van der Waals surface area contributed by atoms with Crippen LogP contribution in [0, 0.1) is 0 Å². The maximum absolute atomic E-state index is 11.9. The number of ether oxygens (including phenoxy) is 1. The number of hydrogen-bond donors (Lipinski definition) is 0. The standard InChI is InChI=1S/C13H12ClNO2S2/c1-2-17-13(16)8-3-4-9-11(8)15-12(19-9)10-5-7(14)6-18-10/h5-6,8H,2-4H2,1H3. The largest absolute Gasteiger partial charge is 0.465 e. The fourth-order valence-electron chi connectivity index (χ4n) is 2.23. The van der Waals surface area contributed by atoms with Crippen LogP contribution in [-0.4, -0.2) is 17.6 Å². The number of rotatable bonds is 3. The van der Waals surface area contributed by atoms with E-state index in [9.17, 15) is 4.79 Å². The van der Waals surface area contributed by atoms with Crippen LogP contribution in [0.5, 0.6) is 0 Å². The van der Waals surface area contributed by atoms with Crippen molar-refractivity contribution in [3.05, 3.63) is 27.0 Å². The maximum Gasteiger partial charge on any atom is 0.315 e. The molecule has 2 aromatic rings. The second-order valence-electron chi connectivity index (χ2n) is 4.30. The number of nitrogens with zero attached hydrogens (tertiary/aromatic N) is 1. The molecule has 1 aliphatic carbocycles. The summed E-state index contributed by atoms with van der Waals surface area (Å²) in [7, 11) is 0. The van der Waals surface area contributed by atoms with Gasteiger partial charge in [-0.15, -0.1) is 22.7 Å². The lowest BCUT2D eigenvalue weighted by molar-refractivity contribution is -0.145. The van der Waals surface area contributed by atoms with E-state index in [0.717, 1.165) is 33.4 Å². The molecular weight excluding hydrogens is 302 g/mol. The van der Waals surface area contributed by atoms with Gasteiger partial charge in [-0.05, 0) is 25.8 Å². The molecule has 3 nitrogen and oxygen atoms in total. The predicted octanol–water partition coefficient (Wildman–Crippen LogP) is 4.12. The summed E-state index contributed by atoms with van der Waals surface area (Å²) in [6.07, 6.45) is 1.73. The smallest absolute Gasteiger partial charge is 0.315 e. The van der Waals surface area contributed by atoms with Gasteiger partial charge in [0.25, 0.3) is 0 Å². The molecule has 0 radical (unpaired) electrons. The molecule has 100 valence electrons. The lowest BCUT2D eigenvalue weighted by Crippen LogP contribution is -2.14. The number of fused-ring (bicyclic) bond motifs is 1. The van der Waals surface area contributed by atoms with Crippen molar-refractivity contribution in [2.75, 3.05) is 6.61 Å². The van der Waals surface area contributed by atoms with Crippen LogP contribution in [0.2, 0.25) is 5.02 Å². The molecule has 0 aliphatic heterocycles. The zero-order valence-corrected chi connectivity index (χ0v) is 12.7. The van der Waals surface area contributed by atoms with Crippen LogP contribution in [0.25, 0.3) is 9.88 Å². The number of carbonyl (C=O) groups is 1. The van der Waals surface area contributed by atoms with E-state index in [1.807, 2.05) is 18.4 Å². The van der Waals surface area contributed by atoms with Crippen molar-refractivity contribution in [2.45, 2.75) is 25.7 Å². The molecule has 0 fully saturated rings. The van der Waals surface area contributed by atoms with Gasteiger partial charge in [-0.25, -0.2) is 4.98 Å². The van der Waals surface area contributed by atoms with Crippen molar-refractivity contribution >= 4 is 40.2 Å². The first-order valence-electron chi connectivity index (χ1n) is 6.09. The van der Waals surface area contributed by atoms with Gasteiger partial charge in [0.1, 0.15) is 10.9 Å². The highest BCUT2D eigenvalue weighted by Crippen LogP contribution is 2.42. The van der Waals surface area contributed by atoms with Crippen LogP contribution in [-0.2, 0) is 16.0 Å². The molecule has 1 aliphatic rings. The SMILES string of the molecule is CCOC(=O)C1CCc2sc(-c3cc(Cl)cs3)nc21. The van der Waals surface area contributed by atoms with Crippen molar-refractivity contribution in [2.24, 2.45) is 0 Å². The number of thiazole rings is 1. The van der Waals surface area contributed by atoms with Gasteiger partial charge in [-0.1, -0.05) is 11.6 Å². The first-order chi connectivity index (χ1) is 9.19. The van der Waals surface area contributed by atoms with Crippen LogP contribution >= 0.6 is 34.3 Å². The van der Waals surface area contributed by atoms with Gasteiger partial charge in [0, 0.05) is 10.3 Å². The summed E-state index contributed by atoms with van der Waals surface area (Å²) < 4.78 is 5.11. The highest BCUT2D eigenvalue weighted by molar-refractivity contribution is 7.21. The number of halogens is 1. The molecule has 6 heteroatoms. The lowest BCUT2D eigenvalue weighted by Gasteiger charge is -2.07. The quantitative estimate of drug-likeness (QED) is 0.800. The van der Waals surface area contributed by atoms with E-state index in [-0.39, 0.29) is 11.9 Å². The Labute approximate surface area is 124 Å². The molecule has 1 atom stereocenters. The van der Waals surface area contributed by atoms with Crippen LogP contribution in [0.3, 0.4) is 0 Å². The van der Waals surface area contributed by atoms with E-state index in [0.29, 0.717) is 6.61 Å². The highest BCUT2D eigenvalue weighted by Gasteiger charge is 2.33. The third kappa shape index (κ3) is 2.42. The second-order valence-corrected chi connectivity index (χ2v) is 6.73. The number of hydrogen-bond acceptors (Lipinski definition) is 5. The molecule has 0 amide bonds. The number of aryl methyl sites for hydroxylation is 1. The summed E-state index contributed by atoms with van der Waals surface area (Å²) in [5, 5.41) is 3.58. The number of thiophene rings is 1. The topological polar surface area (TPSA) is 39.2 Å². The molecular formula is C13H12ClNO2S2. The van der Waals surface area contributed by atoms with Gasteiger partial charge in [0.2, 0.25) is 0 Å². The van der Waals surface area contributed by atoms with Gasteiger partial charge in [0.05, 0.1) is 22.2 Å². The van der Waals surface area contributed by atoms with Gasteiger partial charge in [-0.3, -0.25) is 4.79 Å². The average Bonchev–Trinajstić information content (AvgIpc) is 3.02. The Morgan fingerprint density at radius 3 is 3.16 bits per heavy atom. The van der Waals surface area contributed by atoms with E-state index in [4.69, 9.17) is 16.3 Å². The Morgan fingerprint density at radius 1 is 1.63 bits per heavy atom. The maximum atomic E-state index is 11.9. The normalized spacial score (nSPS) is 17.5. The first-order valence-corrected chi connectivity index (χ1v) is 8.17. The summed E-state index contributed by atoms with van der Waals surface area (Å²) in [6, 6.07) is 1.92. The van der Waals surface area contributed by atoms with Crippen molar-refractivity contribution in [1.82, 2.24) is 4.98 Å². The van der Waals surface area contributed by atoms with E-state index in [1.54, 1.807) is 22.7 Å². The Morgan fingerprint density at radius 2 is 2.47 bits per heavy atom. The van der Waals surface area contributed by atoms with Crippen molar-refractivity contribution in [1.29, 1.82) is 0 Å². The summed E-state index contributed by atoms with van der Waals surface area (Å²) in [5.41, 5.74) is 0.906. The fraction of sp³-hybridized carbons (Fsp3) is 0.385. The Balaban J connectivity index is 1.90. The third-order valence-corrected chi connectivity index (χ3v) is 5.65. The van der Waals surface area contributed by atoms with Gasteiger partial charge in [0.15, 0.2) is 0 Å². The molecule has 0 N–H and O–H groups in total. The number of esters is 1. The van der Waals surface area contributed by atoms with E-state index < -0.39 is 0 Å². The first kappa shape index (κ1) is 13.1. The molecule has 0 saturated heterocycles. The zero-order valence-electron chi connectivity index (χ0n) is 10.3. The monoisotopic (exact) mass is 313 g/mol. The van der Waals surface area contributed by atoms with E-state index in [1.165, 1.54) is 4.88 Å². The van der Waals surface area contributed by atoms with Crippen LogP contribution in [0.15, 0.2) is 11.4 Å². The number of aromatic nitrogens is 1. The van der Waals surface area contributed by atoms with Crippen molar-refractivity contribution in [3.63, 3.8) is 0 Å². The summed E-state index contributed by atoms with van der Waals surface area (Å²) in [5.74, 6) is -0.335. The minimum absolute atomic E-state index is 0.151. The van der Waals surface area contributed by atoms with Crippen LogP contribution in [0.4, 0.5) is 0 Å². The summed E-state index contributed by atoms with van der Waals surface area (Å²) in [6.45, 7) is 2.25. The molecule has 0 bridgehead atoms. The van der Waals surface area contributed by atoms with Crippen LogP contribution in [0.1, 0.15) is 29.8 Å². The van der Waals surface area contributed by atoms with Gasteiger partial charge >= 0.3 is 5.97 Å². The summed E-state index contributed by atoms with van der Waals surface area (Å²) in [4.78, 5) is 18.8. The molecule has 2 aromatic heterocycles. The van der Waals surface area contributed by atoms with Crippen molar-refractivity contribution in [3.8, 4) is 9.88 Å². The second kappa shape index (κ2) is 5.23. The Hall–Kier alpha value is -0.910. The van der Waals surface area contributed by atoms with Crippen LogP contribution < -0.4 is 0 Å². The van der Waals surface area contributed by atoms with E-state index >= 15 is 0 Å². The Bertz CT molecular complexity index is 620. The molecule has 0 saturated carbocycles. The predicted molar refractivity (Wildman–Crippen MR) is 78.1 cm³/mol. The fourth-order valence-corrected chi connectivity index (χ4v) is 4.51. The Kier molecular flexibility index (Phi) is 3.60. The lowest BCUT2D eigenvalue weighted by atomic mass is 10.1. The molecule has 1 unspecified atom stereocenters. The molecule has 3 rings (SSSR count). The van der Waals surface area contributed by atoms with Crippen molar-refractivity contribution < 1.29 is 9.53 Å². The van der Waals surface area contributed by atoms with Gasteiger partial charge < -0.3 is 4.74 Å². The number of carbonyl (C=O) groups excluding carboxylic acids is 1. The average molecular weight is 314 g/mol. The molecule has 0 spiro atoms.